The zero-order chi connectivity index (χ0) is 14.0. The van der Waals surface area contributed by atoms with E-state index in [-0.39, 0.29) is 16.6 Å². The lowest BCUT2D eigenvalue weighted by Gasteiger charge is -2.11. The van der Waals surface area contributed by atoms with Crippen molar-refractivity contribution in [1.82, 2.24) is 14.9 Å². The van der Waals surface area contributed by atoms with Crippen molar-refractivity contribution in [3.05, 3.63) is 39.1 Å². The highest BCUT2D eigenvalue weighted by Gasteiger charge is 2.11. The second kappa shape index (κ2) is 5.44. The number of aromatic nitrogens is 3. The summed E-state index contributed by atoms with van der Waals surface area (Å²) in [4.78, 5) is 11.9. The quantitative estimate of drug-likeness (QED) is 0.932. The molecule has 2 aromatic heterocycles. The zero-order valence-electron chi connectivity index (χ0n) is 11.0. The molecule has 0 bridgehead atoms. The number of hydrogen-bond donors (Lipinski definition) is 1. The second-order valence-corrected chi connectivity index (χ2v) is 4.88. The van der Waals surface area contributed by atoms with Crippen LogP contribution in [-0.4, -0.2) is 14.9 Å². The van der Waals surface area contributed by atoms with Crippen molar-refractivity contribution < 1.29 is 4.52 Å². The van der Waals surface area contributed by atoms with Gasteiger partial charge in [-0.3, -0.25) is 4.79 Å². The van der Waals surface area contributed by atoms with Gasteiger partial charge in [-0.25, -0.2) is 4.68 Å². The van der Waals surface area contributed by atoms with Crippen molar-refractivity contribution in [2.45, 2.75) is 33.4 Å². The van der Waals surface area contributed by atoms with E-state index >= 15 is 0 Å². The van der Waals surface area contributed by atoms with Gasteiger partial charge in [-0.05, 0) is 20.8 Å². The molecule has 0 aliphatic heterocycles. The van der Waals surface area contributed by atoms with Crippen LogP contribution in [0.15, 0.2) is 21.6 Å². The molecule has 0 saturated heterocycles. The third kappa shape index (κ3) is 2.96. The second-order valence-electron chi connectivity index (χ2n) is 4.50. The summed E-state index contributed by atoms with van der Waals surface area (Å²) in [5.41, 5.74) is 0.920. The van der Waals surface area contributed by atoms with E-state index in [1.807, 2.05) is 26.8 Å². The molecule has 0 saturated carbocycles. The molecule has 0 aliphatic rings. The number of nitrogens with one attached hydrogen (secondary N) is 1. The summed E-state index contributed by atoms with van der Waals surface area (Å²) in [6, 6.07) is 1.78. The van der Waals surface area contributed by atoms with E-state index in [0.29, 0.717) is 12.2 Å². The minimum atomic E-state index is -0.307. The van der Waals surface area contributed by atoms with Gasteiger partial charge in [0.05, 0.1) is 24.5 Å². The van der Waals surface area contributed by atoms with E-state index in [0.717, 1.165) is 11.5 Å². The molecule has 6 nitrogen and oxygen atoms in total. The highest BCUT2D eigenvalue weighted by atomic mass is 35.5. The number of hydrogen-bond acceptors (Lipinski definition) is 5. The average Bonchev–Trinajstić information content (AvgIpc) is 2.76. The predicted octanol–water partition coefficient (Wildman–Crippen LogP) is 2.39. The van der Waals surface area contributed by atoms with Crippen molar-refractivity contribution in [3.8, 4) is 0 Å². The topological polar surface area (TPSA) is 73.0 Å². The van der Waals surface area contributed by atoms with Gasteiger partial charge in [0.25, 0.3) is 5.56 Å². The van der Waals surface area contributed by atoms with Crippen molar-refractivity contribution >= 4 is 17.3 Å². The first kappa shape index (κ1) is 13.6. The van der Waals surface area contributed by atoms with E-state index in [2.05, 4.69) is 15.6 Å². The molecule has 0 aliphatic carbocycles. The summed E-state index contributed by atoms with van der Waals surface area (Å²) < 4.78 is 6.29. The molecule has 0 fully saturated rings. The van der Waals surface area contributed by atoms with E-state index in [1.165, 1.54) is 10.9 Å². The Morgan fingerprint density at radius 2 is 2.26 bits per heavy atom. The van der Waals surface area contributed by atoms with Gasteiger partial charge in [-0.15, -0.1) is 0 Å². The van der Waals surface area contributed by atoms with Gasteiger partial charge in [0, 0.05) is 6.07 Å². The summed E-state index contributed by atoms with van der Waals surface area (Å²) in [7, 11) is 0. The number of anilines is 1. The van der Waals surface area contributed by atoms with E-state index in [4.69, 9.17) is 16.1 Å². The van der Waals surface area contributed by atoms with Crippen LogP contribution in [0.25, 0.3) is 0 Å². The smallest absolute Gasteiger partial charge is 0.287 e. The fourth-order valence-electron chi connectivity index (χ4n) is 1.62. The fourth-order valence-corrected chi connectivity index (χ4v) is 1.83. The standard InChI is InChI=1S/C12H15ClN4O2/c1-7(2)17-12(18)11(13)10(6-15-17)14-5-9-4-8(3)19-16-9/h4,6-7,14H,5H2,1-3H3. The summed E-state index contributed by atoms with van der Waals surface area (Å²) >= 11 is 6.03. The Labute approximate surface area is 115 Å². The lowest BCUT2D eigenvalue weighted by Crippen LogP contribution is -2.25. The van der Waals surface area contributed by atoms with Crippen LogP contribution >= 0.6 is 11.6 Å². The average molecular weight is 283 g/mol. The lowest BCUT2D eigenvalue weighted by atomic mass is 10.3. The van der Waals surface area contributed by atoms with Crippen molar-refractivity contribution in [1.29, 1.82) is 0 Å². The number of rotatable bonds is 4. The van der Waals surface area contributed by atoms with Gasteiger partial charge >= 0.3 is 0 Å². The van der Waals surface area contributed by atoms with E-state index in [9.17, 15) is 4.79 Å². The highest BCUT2D eigenvalue weighted by Crippen LogP contribution is 2.17. The molecule has 19 heavy (non-hydrogen) atoms. The summed E-state index contributed by atoms with van der Waals surface area (Å²) in [5.74, 6) is 0.733. The molecule has 0 atom stereocenters. The number of aryl methyl sites for hydroxylation is 1. The molecule has 0 unspecified atom stereocenters. The Bertz CT molecular complexity index is 633. The number of halogens is 1. The van der Waals surface area contributed by atoms with Gasteiger partial charge in [0.1, 0.15) is 16.5 Å². The van der Waals surface area contributed by atoms with Crippen LogP contribution in [0.2, 0.25) is 5.02 Å². The molecule has 1 N–H and O–H groups in total. The summed E-state index contributed by atoms with van der Waals surface area (Å²) in [6.07, 6.45) is 1.54. The van der Waals surface area contributed by atoms with Gasteiger partial charge in [-0.1, -0.05) is 16.8 Å². The first-order valence-electron chi connectivity index (χ1n) is 5.92. The first-order valence-corrected chi connectivity index (χ1v) is 6.30. The minimum absolute atomic E-state index is 0.0303. The maximum absolute atomic E-state index is 11.9. The van der Waals surface area contributed by atoms with Crippen LogP contribution in [0.5, 0.6) is 0 Å². The fraction of sp³-hybridized carbons (Fsp3) is 0.417. The SMILES string of the molecule is Cc1cc(CNc2cnn(C(C)C)c(=O)c2Cl)no1. The molecule has 2 rings (SSSR count). The highest BCUT2D eigenvalue weighted by molar-refractivity contribution is 6.32. The van der Waals surface area contributed by atoms with Crippen LogP contribution < -0.4 is 10.9 Å². The Morgan fingerprint density at radius 3 is 2.84 bits per heavy atom. The summed E-state index contributed by atoms with van der Waals surface area (Å²) in [5, 5.41) is 11.1. The Kier molecular flexibility index (Phi) is 3.90. The Balaban J connectivity index is 2.18. The molecule has 2 heterocycles. The van der Waals surface area contributed by atoms with Crippen LogP contribution in [0.3, 0.4) is 0 Å². The normalized spacial score (nSPS) is 11.0. The molecule has 102 valence electrons. The van der Waals surface area contributed by atoms with Gasteiger partial charge in [0.2, 0.25) is 0 Å². The molecule has 0 aromatic carbocycles. The Hall–Kier alpha value is -1.82. The maximum atomic E-state index is 11.9. The monoisotopic (exact) mass is 282 g/mol. The molecular weight excluding hydrogens is 268 g/mol. The Morgan fingerprint density at radius 1 is 1.53 bits per heavy atom. The molecule has 7 heteroatoms. The molecule has 0 radical (unpaired) electrons. The van der Waals surface area contributed by atoms with Crippen LogP contribution in [0.1, 0.15) is 31.3 Å². The van der Waals surface area contributed by atoms with Crippen molar-refractivity contribution in [2.75, 3.05) is 5.32 Å². The van der Waals surface area contributed by atoms with Gasteiger partial charge in [-0.2, -0.15) is 5.10 Å². The van der Waals surface area contributed by atoms with E-state index in [1.54, 1.807) is 0 Å². The first-order chi connectivity index (χ1) is 8.99. The van der Waals surface area contributed by atoms with Crippen molar-refractivity contribution in [3.63, 3.8) is 0 Å². The predicted molar refractivity (Wildman–Crippen MR) is 72.5 cm³/mol. The van der Waals surface area contributed by atoms with Crippen molar-refractivity contribution in [2.24, 2.45) is 0 Å². The van der Waals surface area contributed by atoms with E-state index < -0.39 is 0 Å². The van der Waals surface area contributed by atoms with Gasteiger partial charge in [0.15, 0.2) is 0 Å². The maximum Gasteiger partial charge on any atom is 0.287 e. The molecular formula is C12H15ClN4O2. The summed E-state index contributed by atoms with van der Waals surface area (Å²) in [6.45, 7) is 5.98. The number of nitrogens with zero attached hydrogens (tertiary/aromatic N) is 3. The molecule has 0 spiro atoms. The van der Waals surface area contributed by atoms with Crippen LogP contribution in [-0.2, 0) is 6.54 Å². The largest absolute Gasteiger partial charge is 0.377 e. The van der Waals surface area contributed by atoms with Gasteiger partial charge < -0.3 is 9.84 Å². The zero-order valence-corrected chi connectivity index (χ0v) is 11.7. The third-order valence-corrected chi connectivity index (χ3v) is 2.93. The van der Waals surface area contributed by atoms with Crippen LogP contribution in [0, 0.1) is 6.92 Å². The lowest BCUT2D eigenvalue weighted by molar-refractivity contribution is 0.391. The minimum Gasteiger partial charge on any atom is -0.377 e. The van der Waals surface area contributed by atoms with Crippen LogP contribution in [0.4, 0.5) is 5.69 Å². The molecule has 0 amide bonds. The third-order valence-electron chi connectivity index (χ3n) is 2.57. The molecule has 2 aromatic rings.